The van der Waals surface area contributed by atoms with Crippen molar-refractivity contribution in [1.29, 1.82) is 0 Å². The van der Waals surface area contributed by atoms with Crippen molar-refractivity contribution in [2.45, 2.75) is 33.7 Å². The van der Waals surface area contributed by atoms with E-state index in [1.165, 1.54) is 0 Å². The predicted octanol–water partition coefficient (Wildman–Crippen LogP) is 2.45. The lowest BCUT2D eigenvalue weighted by molar-refractivity contribution is 0.502. The van der Waals surface area contributed by atoms with Crippen molar-refractivity contribution in [1.82, 2.24) is 4.98 Å². The SMILES string of the molecule is Cc1nc(N(C)C(C)C(C)C)ccc1N. The second-order valence-electron chi connectivity index (χ2n) is 4.44. The summed E-state index contributed by atoms with van der Waals surface area (Å²) >= 11 is 0. The summed E-state index contributed by atoms with van der Waals surface area (Å²) in [4.78, 5) is 6.67. The fraction of sp³-hybridized carbons (Fsp3) is 0.583. The van der Waals surface area contributed by atoms with Crippen LogP contribution in [-0.2, 0) is 0 Å². The average Bonchev–Trinajstić information content (AvgIpc) is 2.19. The van der Waals surface area contributed by atoms with Gasteiger partial charge in [0.15, 0.2) is 0 Å². The third-order valence-corrected chi connectivity index (χ3v) is 3.05. The summed E-state index contributed by atoms with van der Waals surface area (Å²) in [5.74, 6) is 1.59. The van der Waals surface area contributed by atoms with Crippen LogP contribution in [0, 0.1) is 12.8 Å². The molecule has 1 aromatic heterocycles. The molecule has 1 heterocycles. The Balaban J connectivity index is 2.91. The molecule has 0 radical (unpaired) electrons. The highest BCUT2D eigenvalue weighted by atomic mass is 15.2. The van der Waals surface area contributed by atoms with Gasteiger partial charge in [-0.25, -0.2) is 4.98 Å². The third kappa shape index (κ3) is 2.61. The smallest absolute Gasteiger partial charge is 0.128 e. The summed E-state index contributed by atoms with van der Waals surface area (Å²) in [5, 5.41) is 0. The topological polar surface area (TPSA) is 42.2 Å². The van der Waals surface area contributed by atoms with Gasteiger partial charge in [-0.2, -0.15) is 0 Å². The fourth-order valence-corrected chi connectivity index (χ4v) is 1.41. The zero-order valence-corrected chi connectivity index (χ0v) is 10.3. The van der Waals surface area contributed by atoms with Crippen molar-refractivity contribution in [3.63, 3.8) is 0 Å². The number of nitrogen functional groups attached to an aromatic ring is 1. The Morgan fingerprint density at radius 1 is 1.27 bits per heavy atom. The van der Waals surface area contributed by atoms with Crippen LogP contribution in [0.4, 0.5) is 11.5 Å². The average molecular weight is 207 g/mol. The van der Waals surface area contributed by atoms with E-state index in [2.05, 4.69) is 37.7 Å². The summed E-state index contributed by atoms with van der Waals surface area (Å²) in [6, 6.07) is 4.36. The summed E-state index contributed by atoms with van der Waals surface area (Å²) in [5.41, 5.74) is 7.40. The highest BCUT2D eigenvalue weighted by molar-refractivity contribution is 5.50. The molecule has 0 bridgehead atoms. The standard InChI is InChI=1S/C12H21N3/c1-8(2)10(4)15(5)12-7-6-11(13)9(3)14-12/h6-8,10H,13H2,1-5H3. The molecular weight excluding hydrogens is 186 g/mol. The summed E-state index contributed by atoms with van der Waals surface area (Å²) < 4.78 is 0. The molecule has 1 atom stereocenters. The minimum absolute atomic E-state index is 0.473. The van der Waals surface area contributed by atoms with Crippen molar-refractivity contribution in [3.05, 3.63) is 17.8 Å². The van der Waals surface area contributed by atoms with E-state index >= 15 is 0 Å². The minimum Gasteiger partial charge on any atom is -0.397 e. The van der Waals surface area contributed by atoms with Crippen molar-refractivity contribution in [2.75, 3.05) is 17.7 Å². The molecule has 3 nitrogen and oxygen atoms in total. The number of nitrogens with zero attached hydrogens (tertiary/aromatic N) is 2. The quantitative estimate of drug-likeness (QED) is 0.827. The highest BCUT2D eigenvalue weighted by Crippen LogP contribution is 2.19. The number of nitrogens with two attached hydrogens (primary N) is 1. The fourth-order valence-electron chi connectivity index (χ4n) is 1.41. The maximum absolute atomic E-state index is 5.74. The maximum atomic E-state index is 5.74. The number of aryl methyl sites for hydroxylation is 1. The Labute approximate surface area is 92.3 Å². The van der Waals surface area contributed by atoms with Gasteiger partial charge in [-0.05, 0) is 31.9 Å². The molecule has 2 N–H and O–H groups in total. The van der Waals surface area contributed by atoms with E-state index in [1.807, 2.05) is 19.1 Å². The molecule has 0 saturated carbocycles. The van der Waals surface area contributed by atoms with Crippen molar-refractivity contribution in [2.24, 2.45) is 5.92 Å². The number of rotatable bonds is 3. The van der Waals surface area contributed by atoms with Crippen LogP contribution in [0.25, 0.3) is 0 Å². The van der Waals surface area contributed by atoms with E-state index in [1.54, 1.807) is 0 Å². The monoisotopic (exact) mass is 207 g/mol. The first-order valence-electron chi connectivity index (χ1n) is 5.39. The van der Waals surface area contributed by atoms with Gasteiger partial charge in [0.2, 0.25) is 0 Å². The van der Waals surface area contributed by atoms with Crippen molar-refractivity contribution >= 4 is 11.5 Å². The largest absolute Gasteiger partial charge is 0.397 e. The first kappa shape index (κ1) is 11.8. The number of hydrogen-bond acceptors (Lipinski definition) is 3. The van der Waals surface area contributed by atoms with Gasteiger partial charge in [0, 0.05) is 13.1 Å². The Kier molecular flexibility index (Phi) is 3.56. The molecule has 1 rings (SSSR count). The van der Waals surface area contributed by atoms with Gasteiger partial charge in [0.25, 0.3) is 0 Å². The zero-order valence-electron chi connectivity index (χ0n) is 10.3. The first-order chi connectivity index (χ1) is 6.93. The van der Waals surface area contributed by atoms with Gasteiger partial charge in [0.1, 0.15) is 5.82 Å². The molecule has 0 saturated heterocycles. The van der Waals surface area contributed by atoms with Crippen LogP contribution in [-0.4, -0.2) is 18.1 Å². The minimum atomic E-state index is 0.473. The van der Waals surface area contributed by atoms with Crippen LogP contribution < -0.4 is 10.6 Å². The zero-order chi connectivity index (χ0) is 11.6. The highest BCUT2D eigenvalue weighted by Gasteiger charge is 2.14. The third-order valence-electron chi connectivity index (χ3n) is 3.05. The molecule has 3 heteroatoms. The van der Waals surface area contributed by atoms with Crippen LogP contribution >= 0.6 is 0 Å². The van der Waals surface area contributed by atoms with Gasteiger partial charge >= 0.3 is 0 Å². The number of aromatic nitrogens is 1. The molecule has 0 spiro atoms. The molecule has 1 aromatic rings. The normalized spacial score (nSPS) is 12.9. The molecule has 0 amide bonds. The van der Waals surface area contributed by atoms with Crippen LogP contribution in [0.3, 0.4) is 0 Å². The van der Waals surface area contributed by atoms with E-state index < -0.39 is 0 Å². The lowest BCUT2D eigenvalue weighted by Crippen LogP contribution is -2.33. The molecule has 1 unspecified atom stereocenters. The Morgan fingerprint density at radius 3 is 2.33 bits per heavy atom. The van der Waals surface area contributed by atoms with E-state index in [9.17, 15) is 0 Å². The molecular formula is C12H21N3. The van der Waals surface area contributed by atoms with E-state index in [4.69, 9.17) is 5.73 Å². The van der Waals surface area contributed by atoms with Gasteiger partial charge in [-0.1, -0.05) is 13.8 Å². The molecule has 84 valence electrons. The van der Waals surface area contributed by atoms with Gasteiger partial charge in [-0.3, -0.25) is 0 Å². The molecule has 0 aliphatic rings. The van der Waals surface area contributed by atoms with Gasteiger partial charge < -0.3 is 10.6 Å². The summed E-state index contributed by atoms with van der Waals surface area (Å²) in [6.07, 6.45) is 0. The number of anilines is 2. The van der Waals surface area contributed by atoms with Gasteiger partial charge in [-0.15, -0.1) is 0 Å². The predicted molar refractivity (Wildman–Crippen MR) is 66.1 cm³/mol. The second-order valence-corrected chi connectivity index (χ2v) is 4.44. The van der Waals surface area contributed by atoms with Crippen molar-refractivity contribution < 1.29 is 0 Å². The number of pyridine rings is 1. The van der Waals surface area contributed by atoms with Crippen LogP contribution in [0.1, 0.15) is 26.5 Å². The Bertz CT molecular complexity index is 334. The van der Waals surface area contributed by atoms with E-state index in [0.717, 1.165) is 17.2 Å². The Morgan fingerprint density at radius 2 is 1.87 bits per heavy atom. The number of hydrogen-bond donors (Lipinski definition) is 1. The van der Waals surface area contributed by atoms with Crippen molar-refractivity contribution in [3.8, 4) is 0 Å². The van der Waals surface area contributed by atoms with Crippen LogP contribution in [0.5, 0.6) is 0 Å². The molecule has 0 fully saturated rings. The van der Waals surface area contributed by atoms with E-state index in [-0.39, 0.29) is 0 Å². The molecule has 0 aromatic carbocycles. The Hall–Kier alpha value is -1.25. The lowest BCUT2D eigenvalue weighted by Gasteiger charge is -2.29. The maximum Gasteiger partial charge on any atom is 0.128 e. The van der Waals surface area contributed by atoms with Gasteiger partial charge in [0.05, 0.1) is 11.4 Å². The van der Waals surface area contributed by atoms with Crippen LogP contribution in [0.15, 0.2) is 12.1 Å². The lowest BCUT2D eigenvalue weighted by atomic mass is 10.1. The molecule has 0 aliphatic heterocycles. The van der Waals surface area contributed by atoms with E-state index in [0.29, 0.717) is 12.0 Å². The second kappa shape index (κ2) is 4.51. The first-order valence-corrected chi connectivity index (χ1v) is 5.39. The molecule has 0 aliphatic carbocycles. The van der Waals surface area contributed by atoms with Crippen LogP contribution in [0.2, 0.25) is 0 Å². The molecule has 15 heavy (non-hydrogen) atoms. The summed E-state index contributed by atoms with van der Waals surface area (Å²) in [7, 11) is 2.07. The summed E-state index contributed by atoms with van der Waals surface area (Å²) in [6.45, 7) is 8.57.